The molecule has 3 aliphatic rings. The van der Waals surface area contributed by atoms with E-state index in [0.29, 0.717) is 0 Å². The van der Waals surface area contributed by atoms with Crippen LogP contribution in [0.15, 0.2) is 0 Å². The van der Waals surface area contributed by atoms with Crippen molar-refractivity contribution in [1.29, 1.82) is 0 Å². The van der Waals surface area contributed by atoms with Gasteiger partial charge in [0.15, 0.2) is 11.6 Å². The predicted octanol–water partition coefficient (Wildman–Crippen LogP) is -3.54. The molecule has 0 aromatic carbocycles. The molecule has 0 aromatic rings. The first-order valence-electron chi connectivity index (χ1n) is 5.57. The van der Waals surface area contributed by atoms with Gasteiger partial charge >= 0.3 is 0 Å². The summed E-state index contributed by atoms with van der Waals surface area (Å²) in [5, 5.41) is 15.8. The maximum absolute atomic E-state index is 6.38. The molecule has 2 unspecified atom stereocenters. The molecule has 0 amide bonds. The van der Waals surface area contributed by atoms with Crippen LogP contribution in [0.2, 0.25) is 0 Å². The highest BCUT2D eigenvalue weighted by atomic mass is 15.7. The fourth-order valence-electron chi connectivity index (χ4n) is 2.73. The number of nitrogens with one attached hydrogen (secondary N) is 5. The quantitative estimate of drug-likeness (QED) is 0.248. The average molecular weight is 213 g/mol. The van der Waals surface area contributed by atoms with Gasteiger partial charge in [0, 0.05) is 39.3 Å². The van der Waals surface area contributed by atoms with E-state index in [0.717, 1.165) is 39.3 Å². The molecular formula is C8H19N7. The molecular weight excluding hydrogens is 194 g/mol. The van der Waals surface area contributed by atoms with Crippen molar-refractivity contribution in [3.8, 4) is 0 Å². The fraction of sp³-hybridized carbons (Fsp3) is 1.00. The van der Waals surface area contributed by atoms with Crippen molar-refractivity contribution in [2.24, 2.45) is 5.73 Å². The van der Waals surface area contributed by atoms with Gasteiger partial charge in [0.05, 0.1) is 0 Å². The van der Waals surface area contributed by atoms with Crippen molar-refractivity contribution in [3.63, 3.8) is 0 Å². The maximum Gasteiger partial charge on any atom is 0.185 e. The van der Waals surface area contributed by atoms with Crippen molar-refractivity contribution in [2.75, 3.05) is 39.3 Å². The third-order valence-corrected chi connectivity index (χ3v) is 3.43. The van der Waals surface area contributed by atoms with Gasteiger partial charge in [0.25, 0.3) is 0 Å². The molecule has 15 heavy (non-hydrogen) atoms. The minimum absolute atomic E-state index is 0.415. The number of hydrogen-bond donors (Lipinski definition) is 6. The van der Waals surface area contributed by atoms with Gasteiger partial charge in [-0.15, -0.1) is 0 Å². The van der Waals surface area contributed by atoms with E-state index in [4.69, 9.17) is 5.73 Å². The minimum Gasteiger partial charge on any atom is -0.297 e. The Labute approximate surface area is 89.1 Å². The van der Waals surface area contributed by atoms with Crippen LogP contribution in [0.1, 0.15) is 0 Å². The number of hydrazine groups is 1. The molecule has 3 fully saturated rings. The van der Waals surface area contributed by atoms with Crippen molar-refractivity contribution < 1.29 is 0 Å². The SMILES string of the molecule is NC12NCCNC13NCCNN3CCN2. The normalized spacial score (nSPS) is 47.0. The Balaban J connectivity index is 1.96. The minimum atomic E-state index is -0.614. The molecule has 2 atom stereocenters. The van der Waals surface area contributed by atoms with Crippen LogP contribution >= 0.6 is 0 Å². The van der Waals surface area contributed by atoms with Crippen molar-refractivity contribution in [2.45, 2.75) is 11.6 Å². The number of piperazine rings is 2. The smallest absolute Gasteiger partial charge is 0.185 e. The summed E-state index contributed by atoms with van der Waals surface area (Å²) in [6.07, 6.45) is 0. The summed E-state index contributed by atoms with van der Waals surface area (Å²) < 4.78 is 0. The fourth-order valence-corrected chi connectivity index (χ4v) is 2.73. The van der Waals surface area contributed by atoms with Gasteiger partial charge in [0.2, 0.25) is 0 Å². The molecule has 3 rings (SSSR count). The summed E-state index contributed by atoms with van der Waals surface area (Å²) in [5.41, 5.74) is 9.77. The zero-order chi connectivity index (χ0) is 10.4. The second-order valence-corrected chi connectivity index (χ2v) is 4.29. The number of hydrogen-bond acceptors (Lipinski definition) is 7. The van der Waals surface area contributed by atoms with E-state index >= 15 is 0 Å². The Morgan fingerprint density at radius 1 is 0.867 bits per heavy atom. The molecule has 3 saturated heterocycles. The molecule has 0 saturated carbocycles. The lowest BCUT2D eigenvalue weighted by Crippen LogP contribution is -2.97. The highest BCUT2D eigenvalue weighted by molar-refractivity contribution is 5.09. The van der Waals surface area contributed by atoms with E-state index in [1.807, 2.05) is 0 Å². The van der Waals surface area contributed by atoms with Crippen LogP contribution in [-0.2, 0) is 0 Å². The van der Waals surface area contributed by atoms with Gasteiger partial charge in [-0.05, 0) is 0 Å². The maximum atomic E-state index is 6.38. The van der Waals surface area contributed by atoms with Gasteiger partial charge in [-0.3, -0.25) is 32.4 Å². The zero-order valence-electron chi connectivity index (χ0n) is 8.77. The Bertz CT molecular complexity index is 247. The average Bonchev–Trinajstić information content (AvgIpc) is 2.26. The van der Waals surface area contributed by atoms with Crippen LogP contribution in [0.25, 0.3) is 0 Å². The lowest BCUT2D eigenvalue weighted by atomic mass is 10.0. The van der Waals surface area contributed by atoms with E-state index in [1.54, 1.807) is 0 Å². The summed E-state index contributed by atoms with van der Waals surface area (Å²) in [6, 6.07) is 0. The summed E-state index contributed by atoms with van der Waals surface area (Å²) in [6.45, 7) is 5.44. The van der Waals surface area contributed by atoms with Crippen LogP contribution in [0.4, 0.5) is 0 Å². The molecule has 0 bridgehead atoms. The molecule has 3 aliphatic heterocycles. The van der Waals surface area contributed by atoms with Gasteiger partial charge in [-0.2, -0.15) is 0 Å². The largest absolute Gasteiger partial charge is 0.297 e. The van der Waals surface area contributed by atoms with E-state index in [9.17, 15) is 0 Å². The first-order valence-corrected chi connectivity index (χ1v) is 5.57. The number of nitrogens with zero attached hydrogens (tertiary/aromatic N) is 1. The summed E-state index contributed by atoms with van der Waals surface area (Å²) in [5.74, 6) is -1.03. The third-order valence-electron chi connectivity index (χ3n) is 3.43. The van der Waals surface area contributed by atoms with Crippen LogP contribution in [0.3, 0.4) is 0 Å². The molecule has 7 N–H and O–H groups in total. The molecule has 0 radical (unpaired) electrons. The molecule has 0 aliphatic carbocycles. The Morgan fingerprint density at radius 2 is 1.53 bits per heavy atom. The van der Waals surface area contributed by atoms with E-state index in [2.05, 4.69) is 31.7 Å². The topological polar surface area (TPSA) is 89.4 Å². The van der Waals surface area contributed by atoms with Gasteiger partial charge < -0.3 is 0 Å². The second-order valence-electron chi connectivity index (χ2n) is 4.29. The van der Waals surface area contributed by atoms with Crippen LogP contribution in [0, 0.1) is 0 Å². The third kappa shape index (κ3) is 1.26. The summed E-state index contributed by atoms with van der Waals surface area (Å²) in [7, 11) is 0. The lowest BCUT2D eigenvalue weighted by Gasteiger charge is -2.61. The van der Waals surface area contributed by atoms with Crippen LogP contribution < -0.4 is 32.4 Å². The lowest BCUT2D eigenvalue weighted by molar-refractivity contribution is -0.153. The second kappa shape index (κ2) is 3.36. The zero-order valence-corrected chi connectivity index (χ0v) is 8.77. The number of rotatable bonds is 0. The first kappa shape index (κ1) is 9.91. The Kier molecular flexibility index (Phi) is 2.22. The molecule has 0 aromatic heterocycles. The summed E-state index contributed by atoms with van der Waals surface area (Å²) >= 11 is 0. The highest BCUT2D eigenvalue weighted by Gasteiger charge is 2.57. The first-order chi connectivity index (χ1) is 7.27. The van der Waals surface area contributed by atoms with E-state index < -0.39 is 11.6 Å². The standard InChI is InChI=1S/C8H19N7/c9-7-8(12-2-1-10-7)13-3-4-14-15(8)6-5-11-7/h10-14H,1-6,9H2. The van der Waals surface area contributed by atoms with Crippen LogP contribution in [0.5, 0.6) is 0 Å². The Morgan fingerprint density at radius 3 is 2.40 bits per heavy atom. The number of nitrogens with two attached hydrogens (primary N) is 1. The van der Waals surface area contributed by atoms with Gasteiger partial charge in [0.1, 0.15) is 0 Å². The molecule has 7 nitrogen and oxygen atoms in total. The van der Waals surface area contributed by atoms with Gasteiger partial charge in [-0.1, -0.05) is 0 Å². The molecule has 7 heteroatoms. The predicted molar refractivity (Wildman–Crippen MR) is 56.4 cm³/mol. The Hall–Kier alpha value is -0.280. The van der Waals surface area contributed by atoms with E-state index in [-0.39, 0.29) is 0 Å². The summed E-state index contributed by atoms with van der Waals surface area (Å²) in [4.78, 5) is 0. The molecule has 1 spiro atoms. The van der Waals surface area contributed by atoms with Crippen LogP contribution in [-0.4, -0.2) is 55.9 Å². The monoisotopic (exact) mass is 213 g/mol. The van der Waals surface area contributed by atoms with Gasteiger partial charge in [-0.25, -0.2) is 5.01 Å². The van der Waals surface area contributed by atoms with E-state index in [1.165, 1.54) is 0 Å². The molecule has 3 heterocycles. The van der Waals surface area contributed by atoms with Crippen molar-refractivity contribution >= 4 is 0 Å². The van der Waals surface area contributed by atoms with Crippen molar-refractivity contribution in [3.05, 3.63) is 0 Å². The highest BCUT2D eigenvalue weighted by Crippen LogP contribution is 2.23. The van der Waals surface area contributed by atoms with Crippen molar-refractivity contribution in [1.82, 2.24) is 31.7 Å². The molecule has 86 valence electrons.